The van der Waals surface area contributed by atoms with Crippen molar-refractivity contribution in [3.05, 3.63) is 35.7 Å². The molecule has 0 saturated heterocycles. The summed E-state index contributed by atoms with van der Waals surface area (Å²) in [6.07, 6.45) is 0.902. The molecule has 0 saturated carbocycles. The van der Waals surface area contributed by atoms with Gasteiger partial charge in [0, 0.05) is 11.7 Å². The number of hydrogen-bond acceptors (Lipinski definition) is 5. The standard InChI is InChI=1S/C14H17N5OS/c1-9-7-11-5-3-4-6-12(11)18(9)13(20)8-21-14-17-16-10(2)19(14)15/h3-6,9H,7-8,15H2,1-2H3. The Morgan fingerprint density at radius 3 is 2.90 bits per heavy atom. The number of carbonyl (C=O) groups excluding carboxylic acids is 1. The molecule has 21 heavy (non-hydrogen) atoms. The van der Waals surface area contributed by atoms with Gasteiger partial charge in [0.05, 0.1) is 5.75 Å². The zero-order valence-corrected chi connectivity index (χ0v) is 12.8. The van der Waals surface area contributed by atoms with Gasteiger partial charge in [-0.3, -0.25) is 4.79 Å². The molecule has 1 aromatic carbocycles. The third kappa shape index (κ3) is 2.49. The molecule has 7 heteroatoms. The average Bonchev–Trinajstić information content (AvgIpc) is 2.97. The fourth-order valence-electron chi connectivity index (χ4n) is 2.59. The number of nitrogen functional groups attached to an aromatic ring is 1. The molecule has 0 fully saturated rings. The second-order valence-corrected chi connectivity index (χ2v) is 6.08. The Hall–Kier alpha value is -2.02. The third-order valence-electron chi connectivity index (χ3n) is 3.64. The highest BCUT2D eigenvalue weighted by Crippen LogP contribution is 2.32. The van der Waals surface area contributed by atoms with Crippen molar-refractivity contribution in [2.75, 3.05) is 16.5 Å². The van der Waals surface area contributed by atoms with Crippen LogP contribution >= 0.6 is 11.8 Å². The minimum Gasteiger partial charge on any atom is -0.336 e. The van der Waals surface area contributed by atoms with Gasteiger partial charge in [0.1, 0.15) is 5.82 Å². The molecule has 0 radical (unpaired) electrons. The van der Waals surface area contributed by atoms with E-state index in [1.54, 1.807) is 6.92 Å². The van der Waals surface area contributed by atoms with Crippen LogP contribution in [0.15, 0.2) is 29.4 Å². The fraction of sp³-hybridized carbons (Fsp3) is 0.357. The quantitative estimate of drug-likeness (QED) is 0.684. The van der Waals surface area contributed by atoms with Crippen molar-refractivity contribution >= 4 is 23.4 Å². The third-order valence-corrected chi connectivity index (χ3v) is 4.56. The molecule has 0 bridgehead atoms. The number of nitrogens with zero attached hydrogens (tertiary/aromatic N) is 4. The van der Waals surface area contributed by atoms with Crippen LogP contribution < -0.4 is 10.7 Å². The van der Waals surface area contributed by atoms with Crippen molar-refractivity contribution in [2.45, 2.75) is 31.5 Å². The molecule has 2 aromatic rings. The van der Waals surface area contributed by atoms with Crippen molar-refractivity contribution in [1.82, 2.24) is 14.9 Å². The van der Waals surface area contributed by atoms with Gasteiger partial charge in [0.25, 0.3) is 0 Å². The number of amides is 1. The number of para-hydroxylation sites is 1. The molecule has 1 amide bonds. The predicted molar refractivity (Wildman–Crippen MR) is 82.7 cm³/mol. The SMILES string of the molecule is Cc1nnc(SCC(=O)N2c3ccccc3CC2C)n1N. The monoisotopic (exact) mass is 303 g/mol. The Bertz CT molecular complexity index is 684. The molecule has 2 heterocycles. The highest BCUT2D eigenvalue weighted by molar-refractivity contribution is 7.99. The van der Waals surface area contributed by atoms with Crippen LogP contribution in [-0.2, 0) is 11.2 Å². The molecule has 110 valence electrons. The minimum absolute atomic E-state index is 0.0677. The number of fused-ring (bicyclic) bond motifs is 1. The van der Waals surface area contributed by atoms with Crippen LogP contribution in [0, 0.1) is 6.92 Å². The predicted octanol–water partition coefficient (Wildman–Crippen LogP) is 1.37. The largest absolute Gasteiger partial charge is 0.336 e. The minimum atomic E-state index is 0.0677. The molecule has 0 aliphatic carbocycles. The smallest absolute Gasteiger partial charge is 0.237 e. The summed E-state index contributed by atoms with van der Waals surface area (Å²) in [6.45, 7) is 3.84. The maximum absolute atomic E-state index is 12.5. The molecular weight excluding hydrogens is 286 g/mol. The van der Waals surface area contributed by atoms with E-state index in [4.69, 9.17) is 5.84 Å². The summed E-state index contributed by atoms with van der Waals surface area (Å²) >= 11 is 1.31. The van der Waals surface area contributed by atoms with Crippen molar-refractivity contribution in [1.29, 1.82) is 0 Å². The highest BCUT2D eigenvalue weighted by atomic mass is 32.2. The summed E-state index contributed by atoms with van der Waals surface area (Å²) in [5.41, 5.74) is 2.24. The van der Waals surface area contributed by atoms with Crippen LogP contribution in [0.1, 0.15) is 18.3 Å². The summed E-state index contributed by atoms with van der Waals surface area (Å²) in [5.74, 6) is 6.79. The number of benzene rings is 1. The van der Waals surface area contributed by atoms with Crippen LogP contribution in [0.5, 0.6) is 0 Å². The van der Waals surface area contributed by atoms with E-state index in [1.807, 2.05) is 23.1 Å². The van der Waals surface area contributed by atoms with E-state index >= 15 is 0 Å². The van der Waals surface area contributed by atoms with E-state index in [0.717, 1.165) is 12.1 Å². The van der Waals surface area contributed by atoms with Crippen LogP contribution in [0.25, 0.3) is 0 Å². The number of aromatic nitrogens is 3. The van der Waals surface area contributed by atoms with E-state index in [-0.39, 0.29) is 11.9 Å². The van der Waals surface area contributed by atoms with Crippen LogP contribution in [0.4, 0.5) is 5.69 Å². The lowest BCUT2D eigenvalue weighted by Gasteiger charge is -2.22. The van der Waals surface area contributed by atoms with Crippen molar-refractivity contribution < 1.29 is 4.79 Å². The Morgan fingerprint density at radius 1 is 1.43 bits per heavy atom. The number of anilines is 1. The number of rotatable bonds is 3. The number of aryl methyl sites for hydroxylation is 1. The van der Waals surface area contributed by atoms with Crippen LogP contribution in [-0.4, -0.2) is 32.6 Å². The summed E-state index contributed by atoms with van der Waals surface area (Å²) < 4.78 is 1.40. The van der Waals surface area contributed by atoms with E-state index < -0.39 is 0 Å². The number of hydrogen-bond donors (Lipinski definition) is 1. The first-order valence-electron chi connectivity index (χ1n) is 6.78. The summed E-state index contributed by atoms with van der Waals surface area (Å²) in [6, 6.07) is 8.23. The van der Waals surface area contributed by atoms with Gasteiger partial charge < -0.3 is 10.7 Å². The van der Waals surface area contributed by atoms with Crippen molar-refractivity contribution in [3.63, 3.8) is 0 Å². The Morgan fingerprint density at radius 2 is 2.19 bits per heavy atom. The second-order valence-electron chi connectivity index (χ2n) is 5.13. The zero-order valence-electron chi connectivity index (χ0n) is 12.0. The lowest BCUT2D eigenvalue weighted by atomic mass is 10.1. The van der Waals surface area contributed by atoms with Gasteiger partial charge in [-0.2, -0.15) is 0 Å². The molecule has 3 rings (SSSR count). The van der Waals surface area contributed by atoms with Gasteiger partial charge in [-0.05, 0) is 31.9 Å². The van der Waals surface area contributed by atoms with E-state index in [1.165, 1.54) is 22.0 Å². The lowest BCUT2D eigenvalue weighted by Crippen LogP contribution is -2.37. The highest BCUT2D eigenvalue weighted by Gasteiger charge is 2.30. The number of carbonyl (C=O) groups is 1. The summed E-state index contributed by atoms with van der Waals surface area (Å²) in [7, 11) is 0. The summed E-state index contributed by atoms with van der Waals surface area (Å²) in [5, 5.41) is 8.40. The molecule has 1 unspecified atom stereocenters. The Labute approximate surface area is 127 Å². The molecule has 1 aliphatic rings. The second kappa shape index (κ2) is 5.40. The first kappa shape index (κ1) is 13.9. The van der Waals surface area contributed by atoms with Gasteiger partial charge >= 0.3 is 0 Å². The van der Waals surface area contributed by atoms with Gasteiger partial charge in [0.15, 0.2) is 0 Å². The molecular formula is C14H17N5OS. The van der Waals surface area contributed by atoms with Gasteiger partial charge in [-0.25, -0.2) is 4.68 Å². The summed E-state index contributed by atoms with van der Waals surface area (Å²) in [4.78, 5) is 14.4. The maximum atomic E-state index is 12.5. The van der Waals surface area contributed by atoms with Gasteiger partial charge in [-0.1, -0.05) is 30.0 Å². The molecule has 2 N–H and O–H groups in total. The van der Waals surface area contributed by atoms with Crippen LogP contribution in [0.2, 0.25) is 0 Å². The molecule has 6 nitrogen and oxygen atoms in total. The normalized spacial score (nSPS) is 17.0. The first-order valence-corrected chi connectivity index (χ1v) is 7.76. The number of nitrogens with two attached hydrogens (primary N) is 1. The van der Waals surface area contributed by atoms with Crippen molar-refractivity contribution in [3.8, 4) is 0 Å². The Balaban J connectivity index is 1.73. The topological polar surface area (TPSA) is 77.0 Å². The molecule has 1 aliphatic heterocycles. The Kier molecular flexibility index (Phi) is 3.59. The fourth-order valence-corrected chi connectivity index (χ4v) is 3.35. The van der Waals surface area contributed by atoms with E-state index in [0.29, 0.717) is 16.7 Å². The maximum Gasteiger partial charge on any atom is 0.237 e. The molecule has 1 aromatic heterocycles. The zero-order chi connectivity index (χ0) is 15.0. The van der Waals surface area contributed by atoms with E-state index in [9.17, 15) is 4.79 Å². The lowest BCUT2D eigenvalue weighted by molar-refractivity contribution is -0.116. The number of thioether (sulfide) groups is 1. The van der Waals surface area contributed by atoms with Gasteiger partial charge in [-0.15, -0.1) is 10.2 Å². The first-order chi connectivity index (χ1) is 10.1. The van der Waals surface area contributed by atoms with Crippen LogP contribution in [0.3, 0.4) is 0 Å². The molecule has 1 atom stereocenters. The molecule has 0 spiro atoms. The van der Waals surface area contributed by atoms with Crippen molar-refractivity contribution in [2.24, 2.45) is 0 Å². The van der Waals surface area contributed by atoms with E-state index in [2.05, 4.69) is 23.2 Å². The van der Waals surface area contributed by atoms with Gasteiger partial charge in [0.2, 0.25) is 11.1 Å². The average molecular weight is 303 g/mol.